The van der Waals surface area contributed by atoms with Gasteiger partial charge in [0.25, 0.3) is 5.91 Å². The average molecular weight is 365 g/mol. The molecule has 7 nitrogen and oxygen atoms in total. The van der Waals surface area contributed by atoms with Crippen LogP contribution in [0.1, 0.15) is 27.6 Å². The molecule has 1 heterocycles. The molecule has 0 unspecified atom stereocenters. The van der Waals surface area contributed by atoms with E-state index in [9.17, 15) is 19.2 Å². The lowest BCUT2D eigenvalue weighted by atomic mass is 10.1. The number of amides is 3. The highest BCUT2D eigenvalue weighted by Crippen LogP contribution is 2.25. The van der Waals surface area contributed by atoms with Gasteiger partial charge in [-0.05, 0) is 43.3 Å². The highest BCUT2D eigenvalue weighted by Gasteiger charge is 2.30. The molecule has 0 radical (unpaired) electrons. The SMILES string of the molecule is CC(=O)c1ccc(NC(=O)CN2C(=O)CN(C)C(=O)c3ccccc32)cc1. The molecule has 0 saturated heterocycles. The molecule has 1 aliphatic heterocycles. The standard InChI is InChI=1S/C20H19N3O4/c1-13(24)14-7-9-15(10-8-14)21-18(25)11-23-17-6-4-3-5-16(17)20(27)22(2)12-19(23)26/h3-10H,11-12H2,1-2H3,(H,21,25). The number of anilines is 2. The second-order valence-corrected chi connectivity index (χ2v) is 6.34. The Morgan fingerprint density at radius 1 is 1.04 bits per heavy atom. The molecule has 0 saturated carbocycles. The van der Waals surface area contributed by atoms with Crippen molar-refractivity contribution in [2.24, 2.45) is 0 Å². The number of fused-ring (bicyclic) bond motifs is 1. The second-order valence-electron chi connectivity index (χ2n) is 6.34. The van der Waals surface area contributed by atoms with Crippen LogP contribution < -0.4 is 10.2 Å². The van der Waals surface area contributed by atoms with Crippen LogP contribution in [0.3, 0.4) is 0 Å². The van der Waals surface area contributed by atoms with E-state index in [0.29, 0.717) is 22.5 Å². The summed E-state index contributed by atoms with van der Waals surface area (Å²) < 4.78 is 0. The van der Waals surface area contributed by atoms with E-state index in [1.165, 1.54) is 16.7 Å². The third-order valence-corrected chi connectivity index (χ3v) is 4.32. The van der Waals surface area contributed by atoms with Gasteiger partial charge in [0.2, 0.25) is 11.8 Å². The Labute approximate surface area is 156 Å². The van der Waals surface area contributed by atoms with Crippen LogP contribution in [-0.2, 0) is 9.59 Å². The monoisotopic (exact) mass is 365 g/mol. The summed E-state index contributed by atoms with van der Waals surface area (Å²) in [5, 5.41) is 2.71. The molecule has 1 aliphatic rings. The molecular formula is C20H19N3O4. The number of Topliss-reactive ketones (excluding diaryl/α,β-unsaturated/α-hetero) is 1. The summed E-state index contributed by atoms with van der Waals surface area (Å²) in [4.78, 5) is 51.4. The largest absolute Gasteiger partial charge is 0.332 e. The number of ketones is 1. The molecule has 1 N–H and O–H groups in total. The average Bonchev–Trinajstić information content (AvgIpc) is 2.73. The van der Waals surface area contributed by atoms with Crippen LogP contribution in [-0.4, -0.2) is 48.5 Å². The van der Waals surface area contributed by atoms with Crippen molar-refractivity contribution < 1.29 is 19.2 Å². The first kappa shape index (κ1) is 18.3. The number of rotatable bonds is 4. The van der Waals surface area contributed by atoms with Gasteiger partial charge in [-0.25, -0.2) is 0 Å². The topological polar surface area (TPSA) is 86.8 Å². The zero-order chi connectivity index (χ0) is 19.6. The molecule has 0 atom stereocenters. The van der Waals surface area contributed by atoms with Crippen molar-refractivity contribution in [2.45, 2.75) is 6.92 Å². The van der Waals surface area contributed by atoms with Gasteiger partial charge in [-0.2, -0.15) is 0 Å². The maximum absolute atomic E-state index is 12.6. The molecule has 0 aliphatic carbocycles. The van der Waals surface area contributed by atoms with E-state index < -0.39 is 5.91 Å². The molecule has 0 fully saturated rings. The number of nitrogens with one attached hydrogen (secondary N) is 1. The Bertz CT molecular complexity index is 921. The van der Waals surface area contributed by atoms with Crippen molar-refractivity contribution >= 4 is 34.9 Å². The fraction of sp³-hybridized carbons (Fsp3) is 0.200. The first-order chi connectivity index (χ1) is 12.9. The van der Waals surface area contributed by atoms with Gasteiger partial charge >= 0.3 is 0 Å². The number of para-hydroxylation sites is 1. The zero-order valence-electron chi connectivity index (χ0n) is 15.1. The summed E-state index contributed by atoms with van der Waals surface area (Å²) in [7, 11) is 1.55. The van der Waals surface area contributed by atoms with E-state index >= 15 is 0 Å². The predicted octanol–water partition coefficient (Wildman–Crippen LogP) is 1.95. The lowest BCUT2D eigenvalue weighted by Crippen LogP contribution is -2.41. The second kappa shape index (κ2) is 7.41. The van der Waals surface area contributed by atoms with Gasteiger partial charge in [-0.15, -0.1) is 0 Å². The summed E-state index contributed by atoms with van der Waals surface area (Å²) in [5.74, 6) is -1.06. The lowest BCUT2D eigenvalue weighted by molar-refractivity contribution is -0.121. The Morgan fingerprint density at radius 2 is 1.70 bits per heavy atom. The number of carbonyl (C=O) groups excluding carboxylic acids is 4. The van der Waals surface area contributed by atoms with Crippen LogP contribution >= 0.6 is 0 Å². The lowest BCUT2D eigenvalue weighted by Gasteiger charge is -2.21. The Hall–Kier alpha value is -3.48. The molecule has 2 aromatic rings. The van der Waals surface area contributed by atoms with Crippen LogP contribution in [0.15, 0.2) is 48.5 Å². The summed E-state index contributed by atoms with van der Waals surface area (Å²) >= 11 is 0. The van der Waals surface area contributed by atoms with Crippen LogP contribution in [0.5, 0.6) is 0 Å². The summed E-state index contributed by atoms with van der Waals surface area (Å²) in [6, 6.07) is 13.2. The number of likely N-dealkylation sites (N-methyl/N-ethyl adjacent to an activating group) is 1. The predicted molar refractivity (Wildman–Crippen MR) is 101 cm³/mol. The van der Waals surface area contributed by atoms with Crippen molar-refractivity contribution in [1.82, 2.24) is 4.90 Å². The van der Waals surface area contributed by atoms with Crippen LogP contribution in [0.2, 0.25) is 0 Å². The van der Waals surface area contributed by atoms with Crippen LogP contribution in [0.25, 0.3) is 0 Å². The van der Waals surface area contributed by atoms with E-state index in [0.717, 1.165) is 0 Å². The highest BCUT2D eigenvalue weighted by molar-refractivity contribution is 6.12. The molecule has 3 amide bonds. The Balaban J connectivity index is 1.80. The molecule has 0 aromatic heterocycles. The third-order valence-electron chi connectivity index (χ3n) is 4.32. The van der Waals surface area contributed by atoms with Gasteiger partial charge in [-0.1, -0.05) is 12.1 Å². The van der Waals surface area contributed by atoms with Gasteiger partial charge < -0.3 is 15.1 Å². The molecule has 138 valence electrons. The minimum Gasteiger partial charge on any atom is -0.332 e. The van der Waals surface area contributed by atoms with Crippen molar-refractivity contribution in [3.63, 3.8) is 0 Å². The quantitative estimate of drug-likeness (QED) is 0.839. The van der Waals surface area contributed by atoms with Crippen molar-refractivity contribution in [2.75, 3.05) is 30.4 Å². The van der Waals surface area contributed by atoms with Gasteiger partial charge in [-0.3, -0.25) is 19.2 Å². The van der Waals surface area contributed by atoms with Gasteiger partial charge in [0.1, 0.15) is 13.1 Å². The molecule has 3 rings (SSSR count). The number of carbonyl (C=O) groups is 4. The first-order valence-electron chi connectivity index (χ1n) is 8.42. The summed E-state index contributed by atoms with van der Waals surface area (Å²) in [6.45, 7) is 1.15. The Kier molecular flexibility index (Phi) is 5.03. The molecule has 0 bridgehead atoms. The maximum atomic E-state index is 12.6. The maximum Gasteiger partial charge on any atom is 0.256 e. The van der Waals surface area contributed by atoms with Crippen LogP contribution in [0.4, 0.5) is 11.4 Å². The number of hydrogen-bond acceptors (Lipinski definition) is 4. The fourth-order valence-electron chi connectivity index (χ4n) is 2.90. The normalized spacial score (nSPS) is 13.9. The molecular weight excluding hydrogens is 346 g/mol. The molecule has 0 spiro atoms. The smallest absolute Gasteiger partial charge is 0.256 e. The van der Waals surface area contributed by atoms with Crippen molar-refractivity contribution in [3.8, 4) is 0 Å². The van der Waals surface area contributed by atoms with E-state index in [2.05, 4.69) is 5.32 Å². The van der Waals surface area contributed by atoms with E-state index in [4.69, 9.17) is 0 Å². The third kappa shape index (κ3) is 3.87. The summed E-state index contributed by atoms with van der Waals surface area (Å²) in [6.07, 6.45) is 0. The number of benzene rings is 2. The van der Waals surface area contributed by atoms with Gasteiger partial charge in [0.05, 0.1) is 11.3 Å². The molecule has 2 aromatic carbocycles. The summed E-state index contributed by atoms with van der Waals surface area (Å²) in [5.41, 5.74) is 1.86. The number of hydrogen-bond donors (Lipinski definition) is 1. The minimum absolute atomic E-state index is 0.0616. The first-order valence-corrected chi connectivity index (χ1v) is 8.42. The van der Waals surface area contributed by atoms with Gasteiger partial charge in [0.15, 0.2) is 5.78 Å². The van der Waals surface area contributed by atoms with E-state index in [1.807, 2.05) is 0 Å². The van der Waals surface area contributed by atoms with Crippen molar-refractivity contribution in [3.05, 3.63) is 59.7 Å². The zero-order valence-corrected chi connectivity index (χ0v) is 15.1. The van der Waals surface area contributed by atoms with E-state index in [-0.39, 0.29) is 30.7 Å². The highest BCUT2D eigenvalue weighted by atomic mass is 16.2. The minimum atomic E-state index is -0.397. The van der Waals surface area contributed by atoms with E-state index in [1.54, 1.807) is 55.6 Å². The van der Waals surface area contributed by atoms with Crippen molar-refractivity contribution in [1.29, 1.82) is 0 Å². The van der Waals surface area contributed by atoms with Gasteiger partial charge in [0, 0.05) is 18.3 Å². The Morgan fingerprint density at radius 3 is 2.37 bits per heavy atom. The number of nitrogens with zero attached hydrogens (tertiary/aromatic N) is 2. The van der Waals surface area contributed by atoms with Crippen LogP contribution in [0, 0.1) is 0 Å². The fourth-order valence-corrected chi connectivity index (χ4v) is 2.90. The molecule has 7 heteroatoms. The molecule has 27 heavy (non-hydrogen) atoms.